The van der Waals surface area contributed by atoms with Crippen LogP contribution in [0.4, 0.5) is 10.8 Å². The average Bonchev–Trinajstić information content (AvgIpc) is 3.06. The summed E-state index contributed by atoms with van der Waals surface area (Å²) in [5.74, 6) is -0.801. The van der Waals surface area contributed by atoms with Crippen LogP contribution in [0.1, 0.15) is 29.4 Å². The summed E-state index contributed by atoms with van der Waals surface area (Å²) in [4.78, 5) is 39.6. The van der Waals surface area contributed by atoms with Crippen molar-refractivity contribution in [2.45, 2.75) is 19.8 Å². The molecule has 3 amide bonds. The summed E-state index contributed by atoms with van der Waals surface area (Å²) >= 11 is 1.25. The lowest BCUT2D eigenvalue weighted by Gasteiger charge is -2.05. The Balaban J connectivity index is 1.97. The van der Waals surface area contributed by atoms with Crippen LogP contribution in [0.25, 0.3) is 0 Å². The van der Waals surface area contributed by atoms with Crippen LogP contribution in [0.2, 0.25) is 0 Å². The van der Waals surface area contributed by atoms with E-state index >= 15 is 0 Å². The van der Waals surface area contributed by atoms with Crippen molar-refractivity contribution >= 4 is 39.9 Å². The fraction of sp³-hybridized carbons (Fsp3) is 0.222. The molecule has 0 aliphatic rings. The molecule has 1 aromatic carbocycles. The molecule has 2 aromatic rings. The molecular weight excluding hydrogens is 352 g/mol. The minimum Gasteiger partial charge on any atom is -0.356 e. The third-order valence-corrected chi connectivity index (χ3v) is 4.07. The number of hydrogen-bond donors (Lipinski definition) is 3. The number of amides is 3. The molecule has 2 rings (SSSR count). The maximum absolute atomic E-state index is 12.3. The van der Waals surface area contributed by atoms with E-state index < -0.39 is 0 Å². The monoisotopic (exact) mass is 372 g/mol. The molecule has 0 unspecified atom stereocenters. The quantitative estimate of drug-likeness (QED) is 0.620. The maximum atomic E-state index is 12.3. The van der Waals surface area contributed by atoms with E-state index in [1.807, 2.05) is 6.92 Å². The number of nitrogens with zero attached hydrogens (tertiary/aromatic N) is 1. The zero-order valence-corrected chi connectivity index (χ0v) is 15.2. The summed E-state index contributed by atoms with van der Waals surface area (Å²) in [6.07, 6.45) is 2.20. The first-order valence-electron chi connectivity index (χ1n) is 8.07. The van der Waals surface area contributed by atoms with Crippen molar-refractivity contribution in [3.63, 3.8) is 0 Å². The van der Waals surface area contributed by atoms with Crippen molar-refractivity contribution in [1.82, 2.24) is 10.3 Å². The SMILES string of the molecule is C=CC(=O)Nc1cccc(C(=O)Nc2nc(CC(=O)NCCC)cs2)c1. The third-order valence-electron chi connectivity index (χ3n) is 3.26. The lowest BCUT2D eigenvalue weighted by atomic mass is 10.2. The third kappa shape index (κ3) is 5.82. The molecule has 0 fully saturated rings. The minimum absolute atomic E-state index is 0.0966. The number of rotatable bonds is 8. The molecule has 0 bridgehead atoms. The lowest BCUT2D eigenvalue weighted by molar-refractivity contribution is -0.120. The normalized spacial score (nSPS) is 10.0. The summed E-state index contributed by atoms with van der Waals surface area (Å²) in [6, 6.07) is 6.53. The molecule has 0 saturated heterocycles. The van der Waals surface area contributed by atoms with Gasteiger partial charge >= 0.3 is 0 Å². The Hall–Kier alpha value is -3.00. The fourth-order valence-electron chi connectivity index (χ4n) is 2.04. The number of carbonyl (C=O) groups excluding carboxylic acids is 3. The second-order valence-corrected chi connectivity index (χ2v) is 6.26. The van der Waals surface area contributed by atoms with Crippen LogP contribution in [0, 0.1) is 0 Å². The fourth-order valence-corrected chi connectivity index (χ4v) is 2.74. The van der Waals surface area contributed by atoms with Gasteiger partial charge in [0.05, 0.1) is 12.1 Å². The number of hydrogen-bond acceptors (Lipinski definition) is 5. The maximum Gasteiger partial charge on any atom is 0.257 e. The molecular formula is C18H20N4O3S. The van der Waals surface area contributed by atoms with Gasteiger partial charge in [-0.1, -0.05) is 19.6 Å². The Kier molecular flexibility index (Phi) is 7.04. The van der Waals surface area contributed by atoms with E-state index in [2.05, 4.69) is 27.5 Å². The van der Waals surface area contributed by atoms with Gasteiger partial charge in [0.1, 0.15) is 0 Å². The number of anilines is 2. The number of carbonyl (C=O) groups is 3. The van der Waals surface area contributed by atoms with E-state index in [1.54, 1.807) is 29.6 Å². The summed E-state index contributed by atoms with van der Waals surface area (Å²) in [5, 5.41) is 10.2. The van der Waals surface area contributed by atoms with E-state index in [1.165, 1.54) is 11.3 Å². The Morgan fingerprint density at radius 3 is 2.81 bits per heavy atom. The first kappa shape index (κ1) is 19.3. The van der Waals surface area contributed by atoms with Crippen molar-refractivity contribution in [3.05, 3.63) is 53.6 Å². The summed E-state index contributed by atoms with van der Waals surface area (Å²) in [6.45, 7) is 5.99. The second-order valence-electron chi connectivity index (χ2n) is 5.40. The highest BCUT2D eigenvalue weighted by Crippen LogP contribution is 2.18. The topological polar surface area (TPSA) is 100 Å². The predicted molar refractivity (Wildman–Crippen MR) is 102 cm³/mol. The zero-order valence-electron chi connectivity index (χ0n) is 14.4. The summed E-state index contributed by atoms with van der Waals surface area (Å²) in [7, 11) is 0. The van der Waals surface area contributed by atoms with Gasteiger partial charge in [0.25, 0.3) is 5.91 Å². The van der Waals surface area contributed by atoms with E-state index in [4.69, 9.17) is 0 Å². The summed E-state index contributed by atoms with van der Waals surface area (Å²) in [5.41, 5.74) is 1.48. The molecule has 0 saturated carbocycles. The number of nitrogens with one attached hydrogen (secondary N) is 3. The molecule has 0 spiro atoms. The van der Waals surface area contributed by atoms with Crippen LogP contribution < -0.4 is 16.0 Å². The number of thiazole rings is 1. The average molecular weight is 372 g/mol. The van der Waals surface area contributed by atoms with Gasteiger partial charge in [0.15, 0.2) is 5.13 Å². The van der Waals surface area contributed by atoms with E-state index in [0.29, 0.717) is 28.6 Å². The van der Waals surface area contributed by atoms with Gasteiger partial charge in [-0.15, -0.1) is 11.3 Å². The highest BCUT2D eigenvalue weighted by molar-refractivity contribution is 7.14. The minimum atomic E-state index is -0.353. The molecule has 26 heavy (non-hydrogen) atoms. The van der Waals surface area contributed by atoms with E-state index in [9.17, 15) is 14.4 Å². The van der Waals surface area contributed by atoms with Crippen molar-refractivity contribution < 1.29 is 14.4 Å². The van der Waals surface area contributed by atoms with Crippen LogP contribution in [-0.4, -0.2) is 29.3 Å². The molecule has 0 aliphatic carbocycles. The van der Waals surface area contributed by atoms with Crippen molar-refractivity contribution in [1.29, 1.82) is 0 Å². The Labute approximate surface area is 155 Å². The van der Waals surface area contributed by atoms with Crippen LogP contribution in [0.3, 0.4) is 0 Å². The summed E-state index contributed by atoms with van der Waals surface area (Å²) < 4.78 is 0. The van der Waals surface area contributed by atoms with Gasteiger partial charge in [-0.2, -0.15) is 0 Å². The molecule has 1 heterocycles. The molecule has 1 aromatic heterocycles. The largest absolute Gasteiger partial charge is 0.356 e. The van der Waals surface area contributed by atoms with Gasteiger partial charge in [-0.3, -0.25) is 19.7 Å². The van der Waals surface area contributed by atoms with Gasteiger partial charge < -0.3 is 10.6 Å². The predicted octanol–water partition coefficient (Wildman–Crippen LogP) is 2.59. The first-order chi connectivity index (χ1) is 12.5. The molecule has 8 heteroatoms. The smallest absolute Gasteiger partial charge is 0.257 e. The van der Waals surface area contributed by atoms with Gasteiger partial charge in [-0.05, 0) is 30.7 Å². The zero-order chi connectivity index (χ0) is 18.9. The number of aromatic nitrogens is 1. The number of benzene rings is 1. The van der Waals surface area contributed by atoms with Gasteiger partial charge in [-0.25, -0.2) is 4.98 Å². The molecule has 7 nitrogen and oxygen atoms in total. The van der Waals surface area contributed by atoms with Crippen LogP contribution in [0.5, 0.6) is 0 Å². The van der Waals surface area contributed by atoms with E-state index in [0.717, 1.165) is 12.5 Å². The molecule has 136 valence electrons. The van der Waals surface area contributed by atoms with Crippen molar-refractivity contribution in [2.75, 3.05) is 17.2 Å². The Morgan fingerprint density at radius 1 is 1.27 bits per heavy atom. The van der Waals surface area contributed by atoms with Crippen LogP contribution in [-0.2, 0) is 16.0 Å². The standard InChI is InChI=1S/C18H20N4O3S/c1-3-8-19-16(24)10-14-11-26-18(21-14)22-17(25)12-6-5-7-13(9-12)20-15(23)4-2/h4-7,9,11H,2-3,8,10H2,1H3,(H,19,24)(H,20,23)(H,21,22,25). The van der Waals surface area contributed by atoms with Crippen LogP contribution in [0.15, 0.2) is 42.3 Å². The Morgan fingerprint density at radius 2 is 2.08 bits per heavy atom. The van der Waals surface area contributed by atoms with Crippen molar-refractivity contribution in [3.8, 4) is 0 Å². The van der Waals surface area contributed by atoms with Gasteiger partial charge in [0.2, 0.25) is 11.8 Å². The Bertz CT molecular complexity index is 816. The molecule has 0 radical (unpaired) electrons. The highest BCUT2D eigenvalue weighted by Gasteiger charge is 2.12. The molecule has 0 aliphatic heterocycles. The highest BCUT2D eigenvalue weighted by atomic mass is 32.1. The van der Waals surface area contributed by atoms with Gasteiger partial charge in [0, 0.05) is 23.2 Å². The lowest BCUT2D eigenvalue weighted by Crippen LogP contribution is -2.25. The molecule has 0 atom stereocenters. The first-order valence-corrected chi connectivity index (χ1v) is 8.95. The van der Waals surface area contributed by atoms with Crippen LogP contribution >= 0.6 is 11.3 Å². The van der Waals surface area contributed by atoms with E-state index in [-0.39, 0.29) is 24.1 Å². The second kappa shape index (κ2) is 9.47. The van der Waals surface area contributed by atoms with Crippen molar-refractivity contribution in [2.24, 2.45) is 0 Å². The molecule has 3 N–H and O–H groups in total.